The Morgan fingerprint density at radius 2 is 1.85 bits per heavy atom. The summed E-state index contributed by atoms with van der Waals surface area (Å²) in [5, 5.41) is 1.96. The molecule has 3 amide bonds. The zero-order valence-electron chi connectivity index (χ0n) is 18.5. The quantitative estimate of drug-likeness (QED) is 0.444. The van der Waals surface area contributed by atoms with Crippen molar-refractivity contribution in [2.75, 3.05) is 26.1 Å². The van der Waals surface area contributed by atoms with Crippen LogP contribution < -0.4 is 14.8 Å². The first-order valence-electron chi connectivity index (χ1n) is 9.95. The number of rotatable bonds is 8. The Balaban J connectivity index is 1.80. The lowest BCUT2D eigenvalue weighted by Crippen LogP contribution is -2.42. The van der Waals surface area contributed by atoms with E-state index < -0.39 is 41.5 Å². The van der Waals surface area contributed by atoms with Gasteiger partial charge in [0.05, 0.1) is 19.1 Å². The number of esters is 1. The van der Waals surface area contributed by atoms with Gasteiger partial charge in [-0.25, -0.2) is 9.18 Å². The first kappa shape index (κ1) is 24.8. The molecule has 1 fully saturated rings. The van der Waals surface area contributed by atoms with E-state index in [0.717, 1.165) is 4.90 Å². The summed E-state index contributed by atoms with van der Waals surface area (Å²) in [7, 11) is 2.58. The molecule has 1 atom stereocenters. The average Bonchev–Trinajstić information content (AvgIpc) is 3.10. The Morgan fingerprint density at radius 3 is 2.50 bits per heavy atom. The minimum absolute atomic E-state index is 0.0645. The predicted octanol–water partition coefficient (Wildman–Crippen LogP) is 3.45. The monoisotopic (exact) mass is 488 g/mol. The number of imide groups is 1. The number of para-hydroxylation sites is 1. The average molecular weight is 488 g/mol. The number of ether oxygens (including phenoxy) is 3. The van der Waals surface area contributed by atoms with Crippen LogP contribution in [0.5, 0.6) is 11.5 Å². The molecule has 0 spiro atoms. The number of halogens is 1. The lowest BCUT2D eigenvalue weighted by atomic mass is 10.1. The highest BCUT2D eigenvalue weighted by molar-refractivity contribution is 8.18. The first-order chi connectivity index (χ1) is 16.2. The Labute approximate surface area is 198 Å². The summed E-state index contributed by atoms with van der Waals surface area (Å²) in [4.78, 5) is 50.1. The number of benzene rings is 2. The van der Waals surface area contributed by atoms with Crippen molar-refractivity contribution >= 4 is 46.5 Å². The Hall–Kier alpha value is -3.86. The molecule has 34 heavy (non-hydrogen) atoms. The third kappa shape index (κ3) is 5.54. The van der Waals surface area contributed by atoms with Crippen LogP contribution in [-0.2, 0) is 19.1 Å². The van der Waals surface area contributed by atoms with Crippen molar-refractivity contribution in [2.24, 2.45) is 0 Å². The van der Waals surface area contributed by atoms with E-state index in [1.165, 1.54) is 51.5 Å². The summed E-state index contributed by atoms with van der Waals surface area (Å²) in [5.41, 5.74) is 0.772. The molecule has 2 aromatic rings. The van der Waals surface area contributed by atoms with E-state index in [1.807, 2.05) is 0 Å². The molecule has 3 rings (SSSR count). The lowest BCUT2D eigenvalue weighted by molar-refractivity contribution is -0.148. The second-order valence-electron chi connectivity index (χ2n) is 6.97. The molecule has 2 aromatic carbocycles. The SMILES string of the molecule is COC(=O)C(C)N1C(=O)SC(=Cc2cccc(OC)c2OCC(=O)Nc2ccc(F)cc2)C1=O. The maximum Gasteiger partial charge on any atom is 0.328 e. The molecular formula is C23H21FN2O7S. The van der Waals surface area contributed by atoms with Crippen LogP contribution in [0, 0.1) is 5.82 Å². The second kappa shape index (κ2) is 10.8. The van der Waals surface area contributed by atoms with Crippen molar-refractivity contribution in [3.05, 3.63) is 58.8 Å². The molecule has 0 bridgehead atoms. The van der Waals surface area contributed by atoms with Crippen LogP contribution in [0.2, 0.25) is 0 Å². The van der Waals surface area contributed by atoms with Crippen molar-refractivity contribution in [3.8, 4) is 11.5 Å². The molecular weight excluding hydrogens is 467 g/mol. The number of carbonyl (C=O) groups is 4. The number of amides is 3. The van der Waals surface area contributed by atoms with Gasteiger partial charge in [-0.1, -0.05) is 12.1 Å². The van der Waals surface area contributed by atoms with E-state index in [0.29, 0.717) is 28.8 Å². The third-order valence-corrected chi connectivity index (χ3v) is 5.63. The summed E-state index contributed by atoms with van der Waals surface area (Å²) in [6.07, 6.45) is 1.42. The van der Waals surface area contributed by atoms with E-state index >= 15 is 0 Å². The molecule has 0 aromatic heterocycles. The van der Waals surface area contributed by atoms with E-state index in [1.54, 1.807) is 18.2 Å². The van der Waals surface area contributed by atoms with Gasteiger partial charge in [-0.3, -0.25) is 19.3 Å². The van der Waals surface area contributed by atoms with Crippen LogP contribution in [0.3, 0.4) is 0 Å². The molecule has 1 unspecified atom stereocenters. The number of anilines is 1. The highest BCUT2D eigenvalue weighted by Crippen LogP contribution is 2.38. The topological polar surface area (TPSA) is 111 Å². The Kier molecular flexibility index (Phi) is 7.90. The van der Waals surface area contributed by atoms with Crippen LogP contribution in [0.25, 0.3) is 6.08 Å². The molecule has 0 aliphatic carbocycles. The fourth-order valence-electron chi connectivity index (χ4n) is 3.06. The molecule has 1 N–H and O–H groups in total. The number of nitrogens with zero attached hydrogens (tertiary/aromatic N) is 1. The van der Waals surface area contributed by atoms with Gasteiger partial charge in [0.25, 0.3) is 17.1 Å². The maximum atomic E-state index is 13.0. The molecule has 1 aliphatic rings. The normalized spacial score (nSPS) is 15.3. The minimum Gasteiger partial charge on any atom is -0.493 e. The largest absolute Gasteiger partial charge is 0.493 e. The number of hydrogen-bond donors (Lipinski definition) is 1. The van der Waals surface area contributed by atoms with Crippen molar-refractivity contribution < 1.29 is 37.8 Å². The molecule has 1 saturated heterocycles. The number of methoxy groups -OCH3 is 2. The van der Waals surface area contributed by atoms with Gasteiger partial charge in [0.1, 0.15) is 11.9 Å². The Morgan fingerprint density at radius 1 is 1.15 bits per heavy atom. The minimum atomic E-state index is -1.08. The van der Waals surface area contributed by atoms with Crippen LogP contribution in [0.4, 0.5) is 14.9 Å². The van der Waals surface area contributed by atoms with Crippen molar-refractivity contribution in [1.29, 1.82) is 0 Å². The molecule has 9 nitrogen and oxygen atoms in total. The number of nitrogens with one attached hydrogen (secondary N) is 1. The smallest absolute Gasteiger partial charge is 0.328 e. The van der Waals surface area contributed by atoms with Crippen molar-refractivity contribution in [2.45, 2.75) is 13.0 Å². The summed E-state index contributed by atoms with van der Waals surface area (Å²) in [6.45, 7) is 0.990. The van der Waals surface area contributed by atoms with Crippen LogP contribution in [0.15, 0.2) is 47.4 Å². The van der Waals surface area contributed by atoms with Gasteiger partial charge in [0, 0.05) is 11.3 Å². The summed E-state index contributed by atoms with van der Waals surface area (Å²) < 4.78 is 28.6. The van der Waals surface area contributed by atoms with Crippen LogP contribution >= 0.6 is 11.8 Å². The zero-order chi connectivity index (χ0) is 24.8. The van der Waals surface area contributed by atoms with Crippen molar-refractivity contribution in [3.63, 3.8) is 0 Å². The fraction of sp³-hybridized carbons (Fsp3) is 0.217. The summed E-state index contributed by atoms with van der Waals surface area (Å²) >= 11 is 0.667. The van der Waals surface area contributed by atoms with E-state index in [4.69, 9.17) is 9.47 Å². The number of hydrogen-bond acceptors (Lipinski definition) is 8. The Bertz CT molecular complexity index is 1150. The molecule has 11 heteroatoms. The molecule has 1 heterocycles. The first-order valence-corrected chi connectivity index (χ1v) is 10.8. The number of carbonyl (C=O) groups excluding carboxylic acids is 4. The zero-order valence-corrected chi connectivity index (χ0v) is 19.3. The lowest BCUT2D eigenvalue weighted by Gasteiger charge is -2.18. The third-order valence-electron chi connectivity index (χ3n) is 4.74. The molecule has 0 radical (unpaired) electrons. The maximum absolute atomic E-state index is 13.0. The summed E-state index contributed by atoms with van der Waals surface area (Å²) in [5.74, 6) is -1.84. The van der Waals surface area contributed by atoms with Gasteiger partial charge < -0.3 is 19.5 Å². The van der Waals surface area contributed by atoms with Crippen molar-refractivity contribution in [1.82, 2.24) is 4.90 Å². The highest BCUT2D eigenvalue weighted by atomic mass is 32.2. The van der Waals surface area contributed by atoms with Gasteiger partial charge >= 0.3 is 5.97 Å². The van der Waals surface area contributed by atoms with Gasteiger partial charge in [-0.05, 0) is 55.1 Å². The number of thioether (sulfide) groups is 1. The van der Waals surface area contributed by atoms with E-state index in [2.05, 4.69) is 10.1 Å². The molecule has 178 valence electrons. The second-order valence-corrected chi connectivity index (χ2v) is 7.97. The molecule has 1 aliphatic heterocycles. The standard InChI is InChI=1S/C23H21FN2O7S/c1-13(22(29)32-3)26-21(28)18(34-23(26)30)11-14-5-4-6-17(31-2)20(14)33-12-19(27)25-16-9-7-15(24)8-10-16/h4-11,13H,12H2,1-3H3,(H,25,27). The van der Waals surface area contributed by atoms with Crippen LogP contribution in [0.1, 0.15) is 12.5 Å². The predicted molar refractivity (Wildman–Crippen MR) is 123 cm³/mol. The summed E-state index contributed by atoms with van der Waals surface area (Å²) in [6, 6.07) is 9.03. The van der Waals surface area contributed by atoms with Gasteiger partial charge in [0.2, 0.25) is 0 Å². The van der Waals surface area contributed by atoms with Crippen LogP contribution in [-0.4, -0.2) is 54.8 Å². The van der Waals surface area contributed by atoms with Gasteiger partial charge in [-0.2, -0.15) is 0 Å². The highest BCUT2D eigenvalue weighted by Gasteiger charge is 2.41. The molecule has 0 saturated carbocycles. The van der Waals surface area contributed by atoms with Gasteiger partial charge in [0.15, 0.2) is 18.1 Å². The van der Waals surface area contributed by atoms with E-state index in [9.17, 15) is 23.6 Å². The van der Waals surface area contributed by atoms with E-state index in [-0.39, 0.29) is 10.7 Å². The fourth-order valence-corrected chi connectivity index (χ4v) is 3.96. The van der Waals surface area contributed by atoms with Gasteiger partial charge in [-0.15, -0.1) is 0 Å².